The molecule has 6 nitrogen and oxygen atoms in total. The molecule has 138 valence electrons. The topological polar surface area (TPSA) is 81.4 Å². The van der Waals surface area contributed by atoms with E-state index in [0.29, 0.717) is 22.9 Å². The molecule has 1 aromatic heterocycles. The molecule has 2 aliphatic carbocycles. The molecule has 0 unspecified atom stereocenters. The van der Waals surface area contributed by atoms with Crippen molar-refractivity contribution >= 4 is 11.9 Å². The van der Waals surface area contributed by atoms with Gasteiger partial charge >= 0.3 is 5.97 Å². The number of rotatable bonds is 6. The van der Waals surface area contributed by atoms with Crippen LogP contribution in [-0.2, 0) is 9.53 Å². The third-order valence-corrected chi connectivity index (χ3v) is 5.78. The van der Waals surface area contributed by atoms with Crippen molar-refractivity contribution < 1.29 is 18.8 Å². The molecule has 1 heterocycles. The Hall–Kier alpha value is -1.85. The van der Waals surface area contributed by atoms with Crippen molar-refractivity contribution in [2.75, 3.05) is 6.61 Å². The number of hydrogen-bond acceptors (Lipinski definition) is 5. The maximum atomic E-state index is 12.3. The van der Waals surface area contributed by atoms with Gasteiger partial charge in [0.1, 0.15) is 5.56 Å². The first-order valence-corrected chi connectivity index (χ1v) is 9.29. The standard InChI is InChI=1S/C19H28N2O4/c1-10(2)18-17(12(4)21-25-18)19(23)24-9-16(22)20-11(3)15-8-13-5-6-14(15)7-13/h10-11,13-15H,5-9H2,1-4H3,(H,20,22)/t11-,13+,14+,15+/m1/s1. The number of ether oxygens (including phenoxy) is 1. The van der Waals surface area contributed by atoms with Gasteiger partial charge in [-0.25, -0.2) is 4.79 Å². The van der Waals surface area contributed by atoms with E-state index in [-0.39, 0.29) is 24.5 Å². The van der Waals surface area contributed by atoms with Gasteiger partial charge in [-0.15, -0.1) is 0 Å². The van der Waals surface area contributed by atoms with Crippen LogP contribution in [0.2, 0.25) is 0 Å². The van der Waals surface area contributed by atoms with Crippen molar-refractivity contribution in [3.8, 4) is 0 Å². The minimum atomic E-state index is -0.551. The second-order valence-electron chi connectivity index (χ2n) is 7.93. The summed E-state index contributed by atoms with van der Waals surface area (Å²) >= 11 is 0. The summed E-state index contributed by atoms with van der Waals surface area (Å²) in [5, 5.41) is 6.84. The molecule has 0 aliphatic heterocycles. The molecule has 2 fully saturated rings. The molecule has 3 rings (SSSR count). The molecule has 6 heteroatoms. The molecular formula is C19H28N2O4. The number of aryl methyl sites for hydroxylation is 1. The summed E-state index contributed by atoms with van der Waals surface area (Å²) in [5.41, 5.74) is 0.827. The lowest BCUT2D eigenvalue weighted by molar-refractivity contribution is -0.125. The fraction of sp³-hybridized carbons (Fsp3) is 0.737. The number of nitrogens with one attached hydrogen (secondary N) is 1. The number of esters is 1. The number of aromatic nitrogens is 1. The van der Waals surface area contributed by atoms with Crippen LogP contribution in [0, 0.1) is 24.7 Å². The van der Waals surface area contributed by atoms with E-state index < -0.39 is 5.97 Å². The van der Waals surface area contributed by atoms with Gasteiger partial charge in [-0.05, 0) is 50.9 Å². The Kier molecular flexibility index (Phi) is 5.16. The van der Waals surface area contributed by atoms with Crippen molar-refractivity contribution in [3.63, 3.8) is 0 Å². The zero-order valence-corrected chi connectivity index (χ0v) is 15.5. The molecule has 4 atom stereocenters. The quantitative estimate of drug-likeness (QED) is 0.798. The summed E-state index contributed by atoms with van der Waals surface area (Å²) in [6.07, 6.45) is 5.15. The minimum absolute atomic E-state index is 0.0235. The van der Waals surface area contributed by atoms with E-state index in [1.807, 2.05) is 13.8 Å². The average Bonchev–Trinajstić information content (AvgIpc) is 3.27. The largest absolute Gasteiger partial charge is 0.452 e. The normalized spacial score (nSPS) is 26.0. The molecule has 0 saturated heterocycles. The smallest absolute Gasteiger partial charge is 0.344 e. The van der Waals surface area contributed by atoms with Crippen LogP contribution in [0.1, 0.15) is 74.2 Å². The second kappa shape index (κ2) is 7.18. The van der Waals surface area contributed by atoms with Crippen LogP contribution in [0.5, 0.6) is 0 Å². The lowest BCUT2D eigenvalue weighted by Gasteiger charge is -2.28. The summed E-state index contributed by atoms with van der Waals surface area (Å²) in [5.74, 6) is 1.88. The monoisotopic (exact) mass is 348 g/mol. The first-order chi connectivity index (χ1) is 11.9. The van der Waals surface area contributed by atoms with Crippen molar-refractivity contribution in [1.29, 1.82) is 0 Å². The molecule has 2 aliphatic rings. The molecular weight excluding hydrogens is 320 g/mol. The Labute approximate surface area is 148 Å². The van der Waals surface area contributed by atoms with Crippen LogP contribution >= 0.6 is 0 Å². The van der Waals surface area contributed by atoms with Gasteiger partial charge in [0.05, 0.1) is 5.69 Å². The van der Waals surface area contributed by atoms with Crippen LogP contribution in [0.15, 0.2) is 4.52 Å². The van der Waals surface area contributed by atoms with E-state index in [1.54, 1.807) is 6.92 Å². The summed E-state index contributed by atoms with van der Waals surface area (Å²) in [4.78, 5) is 24.5. The summed E-state index contributed by atoms with van der Waals surface area (Å²) in [6.45, 7) is 7.32. The van der Waals surface area contributed by atoms with Gasteiger partial charge in [0.2, 0.25) is 0 Å². The molecule has 0 aromatic carbocycles. The van der Waals surface area contributed by atoms with E-state index in [4.69, 9.17) is 9.26 Å². The van der Waals surface area contributed by atoms with Gasteiger partial charge in [0.15, 0.2) is 12.4 Å². The van der Waals surface area contributed by atoms with Gasteiger partial charge in [0, 0.05) is 12.0 Å². The highest BCUT2D eigenvalue weighted by Crippen LogP contribution is 2.49. The molecule has 1 amide bonds. The minimum Gasteiger partial charge on any atom is -0.452 e. The van der Waals surface area contributed by atoms with Gasteiger partial charge in [0.25, 0.3) is 5.91 Å². The maximum Gasteiger partial charge on any atom is 0.344 e. The number of nitrogens with zero attached hydrogens (tertiary/aromatic N) is 1. The van der Waals surface area contributed by atoms with Crippen LogP contribution < -0.4 is 5.32 Å². The van der Waals surface area contributed by atoms with Crippen LogP contribution in [-0.4, -0.2) is 29.7 Å². The van der Waals surface area contributed by atoms with E-state index in [0.717, 1.165) is 11.8 Å². The van der Waals surface area contributed by atoms with Crippen molar-refractivity contribution in [1.82, 2.24) is 10.5 Å². The lowest BCUT2D eigenvalue weighted by Crippen LogP contribution is -2.42. The average molecular weight is 348 g/mol. The molecule has 0 spiro atoms. The van der Waals surface area contributed by atoms with Gasteiger partial charge in [-0.1, -0.05) is 25.4 Å². The summed E-state index contributed by atoms with van der Waals surface area (Å²) in [6, 6.07) is 0.130. The predicted molar refractivity (Wildman–Crippen MR) is 92.2 cm³/mol. The van der Waals surface area contributed by atoms with Crippen LogP contribution in [0.4, 0.5) is 0 Å². The van der Waals surface area contributed by atoms with Crippen molar-refractivity contribution in [2.24, 2.45) is 17.8 Å². The zero-order chi connectivity index (χ0) is 18.1. The Morgan fingerprint density at radius 1 is 1.28 bits per heavy atom. The van der Waals surface area contributed by atoms with E-state index in [1.165, 1.54) is 25.7 Å². The molecule has 2 saturated carbocycles. The maximum absolute atomic E-state index is 12.3. The number of amides is 1. The lowest BCUT2D eigenvalue weighted by atomic mass is 9.84. The molecule has 1 aromatic rings. The first kappa shape index (κ1) is 18.0. The molecule has 2 bridgehead atoms. The molecule has 25 heavy (non-hydrogen) atoms. The number of carbonyl (C=O) groups excluding carboxylic acids is 2. The highest BCUT2D eigenvalue weighted by atomic mass is 16.5. The van der Waals surface area contributed by atoms with Gasteiger partial charge < -0.3 is 14.6 Å². The Balaban J connectivity index is 1.50. The van der Waals surface area contributed by atoms with E-state index in [9.17, 15) is 9.59 Å². The summed E-state index contributed by atoms with van der Waals surface area (Å²) < 4.78 is 10.4. The first-order valence-electron chi connectivity index (χ1n) is 9.29. The van der Waals surface area contributed by atoms with Gasteiger partial charge in [-0.3, -0.25) is 4.79 Å². The highest BCUT2D eigenvalue weighted by Gasteiger charge is 2.42. The highest BCUT2D eigenvalue weighted by molar-refractivity contribution is 5.93. The fourth-order valence-electron chi connectivity index (χ4n) is 4.54. The number of fused-ring (bicyclic) bond motifs is 2. The van der Waals surface area contributed by atoms with Crippen LogP contribution in [0.3, 0.4) is 0 Å². The number of carbonyl (C=O) groups is 2. The molecule has 0 radical (unpaired) electrons. The second-order valence-corrected chi connectivity index (χ2v) is 7.93. The van der Waals surface area contributed by atoms with Crippen LogP contribution in [0.25, 0.3) is 0 Å². The Bertz CT molecular complexity index is 652. The summed E-state index contributed by atoms with van der Waals surface area (Å²) in [7, 11) is 0. The zero-order valence-electron chi connectivity index (χ0n) is 15.5. The van der Waals surface area contributed by atoms with E-state index in [2.05, 4.69) is 17.4 Å². The predicted octanol–water partition coefficient (Wildman–Crippen LogP) is 3.20. The van der Waals surface area contributed by atoms with E-state index >= 15 is 0 Å². The Morgan fingerprint density at radius 2 is 2.04 bits per heavy atom. The third kappa shape index (κ3) is 3.72. The third-order valence-electron chi connectivity index (χ3n) is 5.78. The number of hydrogen-bond donors (Lipinski definition) is 1. The molecule has 1 N–H and O–H groups in total. The van der Waals surface area contributed by atoms with Crippen molar-refractivity contribution in [3.05, 3.63) is 17.0 Å². The van der Waals surface area contributed by atoms with Gasteiger partial charge in [-0.2, -0.15) is 0 Å². The SMILES string of the molecule is Cc1noc(C(C)C)c1C(=O)OCC(=O)N[C@H](C)[C@@H]1C[C@H]2CC[C@H]1C2. The fourth-order valence-corrected chi connectivity index (χ4v) is 4.54. The van der Waals surface area contributed by atoms with Crippen molar-refractivity contribution in [2.45, 2.75) is 65.3 Å². The Morgan fingerprint density at radius 3 is 2.64 bits per heavy atom.